The van der Waals surface area contributed by atoms with Gasteiger partial charge in [-0.2, -0.15) is 26.3 Å². The van der Waals surface area contributed by atoms with E-state index in [1.807, 2.05) is 0 Å². The van der Waals surface area contributed by atoms with Gasteiger partial charge in [0.1, 0.15) is 5.82 Å². The maximum atomic E-state index is 13.8. The van der Waals surface area contributed by atoms with E-state index in [4.69, 9.17) is 0 Å². The quantitative estimate of drug-likeness (QED) is 0.207. The molecule has 0 saturated carbocycles. The zero-order valence-electron chi connectivity index (χ0n) is 21.4. The van der Waals surface area contributed by atoms with Crippen molar-refractivity contribution in [3.05, 3.63) is 136 Å². The molecular weight excluding hydrogens is 560 g/mol. The number of nitrogens with zero attached hydrogens (tertiary/aromatic N) is 3. The second-order valence-corrected chi connectivity index (χ2v) is 9.31. The summed E-state index contributed by atoms with van der Waals surface area (Å²) in [7, 11) is 0. The van der Waals surface area contributed by atoms with Gasteiger partial charge in [0.2, 0.25) is 0 Å². The molecule has 0 bridgehead atoms. The summed E-state index contributed by atoms with van der Waals surface area (Å²) in [4.78, 5) is 22.4. The number of pyridine rings is 1. The van der Waals surface area contributed by atoms with Crippen molar-refractivity contribution in [2.75, 3.05) is 0 Å². The largest absolute Gasteiger partial charge is 0.430 e. The molecule has 5 nitrogen and oxygen atoms in total. The van der Waals surface area contributed by atoms with E-state index in [9.17, 15) is 36.2 Å². The Morgan fingerprint density at radius 2 is 1.45 bits per heavy atom. The first kappa shape index (κ1) is 28.6. The van der Waals surface area contributed by atoms with Crippen LogP contribution in [0.2, 0.25) is 0 Å². The minimum atomic E-state index is -6.04. The van der Waals surface area contributed by atoms with Crippen LogP contribution in [0.5, 0.6) is 0 Å². The number of aliphatic hydroxyl groups is 1. The number of benzene rings is 3. The van der Waals surface area contributed by atoms with Crippen LogP contribution < -0.4 is 5.56 Å². The minimum absolute atomic E-state index is 0.0392. The van der Waals surface area contributed by atoms with Crippen molar-refractivity contribution >= 4 is 10.9 Å². The van der Waals surface area contributed by atoms with Crippen molar-refractivity contribution < 1.29 is 31.4 Å². The highest BCUT2D eigenvalue weighted by atomic mass is 19.4. The number of halogens is 6. The fraction of sp³-hybridized carbons (Fsp3) is 0.129. The molecule has 5 rings (SSSR count). The van der Waals surface area contributed by atoms with E-state index >= 15 is 0 Å². The van der Waals surface area contributed by atoms with Gasteiger partial charge in [0.05, 0.1) is 16.6 Å². The second kappa shape index (κ2) is 10.8. The fourth-order valence-corrected chi connectivity index (χ4v) is 4.39. The van der Waals surface area contributed by atoms with Crippen molar-refractivity contribution in [2.45, 2.75) is 24.4 Å². The molecule has 0 unspecified atom stereocenters. The van der Waals surface area contributed by atoms with E-state index in [1.54, 1.807) is 67.0 Å². The summed E-state index contributed by atoms with van der Waals surface area (Å²) in [5.74, 6) is 6.07. The predicted molar refractivity (Wildman–Crippen MR) is 143 cm³/mol. The topological polar surface area (TPSA) is 68.0 Å². The van der Waals surface area contributed by atoms with E-state index in [0.717, 1.165) is 22.3 Å². The first-order valence-corrected chi connectivity index (χ1v) is 12.4. The zero-order valence-corrected chi connectivity index (χ0v) is 21.4. The molecule has 2 heterocycles. The number of aromatic nitrogens is 3. The van der Waals surface area contributed by atoms with Gasteiger partial charge in [0, 0.05) is 35.5 Å². The normalized spacial score (nSPS) is 12.2. The van der Waals surface area contributed by atoms with Crippen LogP contribution in [0.3, 0.4) is 0 Å². The maximum absolute atomic E-state index is 13.8. The molecule has 0 fully saturated rings. The molecule has 212 valence electrons. The Morgan fingerprint density at radius 1 is 0.786 bits per heavy atom. The van der Waals surface area contributed by atoms with E-state index in [2.05, 4.69) is 21.8 Å². The molecule has 2 aromatic heterocycles. The average Bonchev–Trinajstić information content (AvgIpc) is 2.96. The molecule has 0 amide bonds. The van der Waals surface area contributed by atoms with E-state index in [-0.39, 0.29) is 23.3 Å². The molecule has 11 heteroatoms. The Labute approximate surface area is 234 Å². The number of fused-ring (bicyclic) bond motifs is 1. The molecule has 0 saturated heterocycles. The average molecular weight is 580 g/mol. The van der Waals surface area contributed by atoms with Crippen LogP contribution in [0, 0.1) is 11.8 Å². The monoisotopic (exact) mass is 579 g/mol. The summed E-state index contributed by atoms with van der Waals surface area (Å²) in [6, 6.07) is 20.0. The zero-order chi connectivity index (χ0) is 30.1. The van der Waals surface area contributed by atoms with Crippen molar-refractivity contribution in [1.82, 2.24) is 14.5 Å². The minimum Gasteiger partial charge on any atom is -0.369 e. The smallest absolute Gasteiger partial charge is 0.369 e. The Kier molecular flexibility index (Phi) is 7.34. The molecule has 0 aliphatic heterocycles. The van der Waals surface area contributed by atoms with Crippen LogP contribution in [0.4, 0.5) is 26.3 Å². The first-order valence-electron chi connectivity index (χ1n) is 12.4. The van der Waals surface area contributed by atoms with Crippen molar-refractivity contribution in [2.24, 2.45) is 0 Å². The number of hydrogen-bond acceptors (Lipinski definition) is 4. The third kappa shape index (κ3) is 5.36. The Hall–Kier alpha value is -4.95. The van der Waals surface area contributed by atoms with Crippen molar-refractivity contribution in [3.8, 4) is 17.5 Å². The summed E-state index contributed by atoms with van der Waals surface area (Å²) in [6.07, 6.45) is -8.78. The number of hydrogen-bond donors (Lipinski definition) is 1. The summed E-state index contributed by atoms with van der Waals surface area (Å²) in [5.41, 5.74) is -4.97. The Morgan fingerprint density at radius 3 is 2.07 bits per heavy atom. The Bertz CT molecular complexity index is 1840. The lowest BCUT2D eigenvalue weighted by Crippen LogP contribution is -2.53. The molecule has 5 aromatic rings. The van der Waals surface area contributed by atoms with Crippen LogP contribution in [-0.2, 0) is 12.0 Å². The highest BCUT2D eigenvalue weighted by Gasteiger charge is 2.71. The van der Waals surface area contributed by atoms with E-state index in [1.165, 1.54) is 6.07 Å². The SMILES string of the molecule is O=c1c2cc(C#Cc3cccnc3)ccc2nc(Cc2ccccc2)n1-c1ccc(C(O)(C(F)(F)F)C(F)(F)F)cc1. The molecular formula is C31H19F6N3O2. The maximum Gasteiger partial charge on any atom is 0.430 e. The molecule has 1 N–H and O–H groups in total. The third-order valence-electron chi connectivity index (χ3n) is 6.52. The van der Waals surface area contributed by atoms with Gasteiger partial charge in [-0.05, 0) is 48.0 Å². The predicted octanol–water partition coefficient (Wildman–Crippen LogP) is 6.08. The standard InChI is InChI=1S/C31H19F6N3O2/c32-30(33,34)29(42,31(35,36)37)23-11-13-24(14-12-23)40-27(18-20-5-2-1-3-6-20)39-26-15-10-21(17-25(26)28(40)41)8-9-22-7-4-16-38-19-22/h1-7,10-17,19,42H,18H2. The molecule has 0 atom stereocenters. The Balaban J connectivity index is 1.66. The van der Waals surface area contributed by atoms with Gasteiger partial charge in [-0.1, -0.05) is 54.3 Å². The number of alkyl halides is 6. The van der Waals surface area contributed by atoms with Gasteiger partial charge in [0.15, 0.2) is 0 Å². The van der Waals surface area contributed by atoms with Gasteiger partial charge in [-0.3, -0.25) is 14.3 Å². The fourth-order valence-electron chi connectivity index (χ4n) is 4.39. The molecule has 0 aliphatic rings. The van der Waals surface area contributed by atoms with Crippen LogP contribution in [0.25, 0.3) is 16.6 Å². The van der Waals surface area contributed by atoms with Crippen molar-refractivity contribution in [3.63, 3.8) is 0 Å². The van der Waals surface area contributed by atoms with Gasteiger partial charge >= 0.3 is 12.4 Å². The van der Waals surface area contributed by atoms with Gasteiger partial charge in [-0.25, -0.2) is 4.98 Å². The van der Waals surface area contributed by atoms with E-state index in [0.29, 0.717) is 28.8 Å². The van der Waals surface area contributed by atoms with Crippen LogP contribution in [0.15, 0.2) is 102 Å². The first-order chi connectivity index (χ1) is 19.9. The van der Waals surface area contributed by atoms with Crippen molar-refractivity contribution in [1.29, 1.82) is 0 Å². The molecule has 3 aromatic carbocycles. The van der Waals surface area contributed by atoms with Gasteiger partial charge in [0.25, 0.3) is 11.2 Å². The van der Waals surface area contributed by atoms with Crippen LogP contribution in [0.1, 0.15) is 28.1 Å². The molecule has 42 heavy (non-hydrogen) atoms. The van der Waals surface area contributed by atoms with Gasteiger partial charge < -0.3 is 5.11 Å². The second-order valence-electron chi connectivity index (χ2n) is 9.31. The highest BCUT2D eigenvalue weighted by molar-refractivity contribution is 5.80. The lowest BCUT2D eigenvalue weighted by atomic mass is 9.92. The lowest BCUT2D eigenvalue weighted by Gasteiger charge is -2.32. The van der Waals surface area contributed by atoms with Crippen LogP contribution >= 0.6 is 0 Å². The summed E-state index contributed by atoms with van der Waals surface area (Å²) < 4.78 is 81.6. The number of rotatable bonds is 4. The van der Waals surface area contributed by atoms with Crippen LogP contribution in [-0.4, -0.2) is 32.0 Å². The highest BCUT2D eigenvalue weighted by Crippen LogP contribution is 2.50. The molecule has 0 aliphatic carbocycles. The molecule has 0 spiro atoms. The summed E-state index contributed by atoms with van der Waals surface area (Å²) in [6.45, 7) is 0. The lowest BCUT2D eigenvalue weighted by molar-refractivity contribution is -0.376. The van der Waals surface area contributed by atoms with E-state index < -0.39 is 29.1 Å². The summed E-state index contributed by atoms with van der Waals surface area (Å²) >= 11 is 0. The molecule has 0 radical (unpaired) electrons. The van der Waals surface area contributed by atoms with Gasteiger partial charge in [-0.15, -0.1) is 0 Å². The summed E-state index contributed by atoms with van der Waals surface area (Å²) in [5, 5.41) is 9.91. The third-order valence-corrected chi connectivity index (χ3v) is 6.52.